The number of thioether (sulfide) groups is 1. The van der Waals surface area contributed by atoms with E-state index >= 15 is 0 Å². The number of aromatic amines is 1. The molecule has 0 saturated heterocycles. The number of nitriles is 1. The summed E-state index contributed by atoms with van der Waals surface area (Å²) in [5.41, 5.74) is 2.60. The molecule has 2 aromatic heterocycles. The lowest BCUT2D eigenvalue weighted by molar-refractivity contribution is 0.420. The Hall–Kier alpha value is -3.28. The number of unbranched alkanes of at least 4 members (excludes halogenated alkanes) is 3. The van der Waals surface area contributed by atoms with E-state index in [0.717, 1.165) is 48.2 Å². The van der Waals surface area contributed by atoms with E-state index in [2.05, 4.69) is 37.7 Å². The first-order valence-corrected chi connectivity index (χ1v) is 12.6. The van der Waals surface area contributed by atoms with E-state index in [0.29, 0.717) is 16.0 Å². The number of aliphatic hydroxyl groups excluding tert-OH is 1. The van der Waals surface area contributed by atoms with Crippen LogP contribution in [-0.4, -0.2) is 35.6 Å². The fourth-order valence-corrected chi connectivity index (χ4v) is 4.60. The Labute approximate surface area is 207 Å². The van der Waals surface area contributed by atoms with Crippen LogP contribution >= 0.6 is 23.4 Å². The topological polar surface area (TPSA) is 103 Å². The summed E-state index contributed by atoms with van der Waals surface area (Å²) in [5.74, 6) is 1.23. The van der Waals surface area contributed by atoms with E-state index < -0.39 is 0 Å². The van der Waals surface area contributed by atoms with Gasteiger partial charge in [0.15, 0.2) is 16.8 Å². The highest BCUT2D eigenvalue weighted by molar-refractivity contribution is 7.99. The number of aromatic nitrogens is 5. The summed E-state index contributed by atoms with van der Waals surface area (Å²) in [7, 11) is 0. The second kappa shape index (κ2) is 11.2. The quantitative estimate of drug-likeness (QED) is 0.111. The van der Waals surface area contributed by atoms with E-state index in [9.17, 15) is 10.4 Å². The number of para-hydroxylation sites is 2. The predicted molar refractivity (Wildman–Crippen MR) is 137 cm³/mol. The maximum Gasteiger partial charge on any atom is 0.191 e. The number of halogens is 1. The summed E-state index contributed by atoms with van der Waals surface area (Å²) >= 11 is 7.40. The van der Waals surface area contributed by atoms with Crippen molar-refractivity contribution in [1.82, 2.24) is 24.7 Å². The lowest BCUT2D eigenvalue weighted by Crippen LogP contribution is -2.04. The maximum absolute atomic E-state index is 10.7. The van der Waals surface area contributed by atoms with Crippen LogP contribution in [0.4, 0.5) is 0 Å². The van der Waals surface area contributed by atoms with E-state index in [1.165, 1.54) is 18.2 Å². The van der Waals surface area contributed by atoms with Crippen molar-refractivity contribution >= 4 is 40.0 Å². The number of nitrogens with one attached hydrogen (secondary N) is 1. The zero-order chi connectivity index (χ0) is 23.9. The molecule has 9 heteroatoms. The van der Waals surface area contributed by atoms with Crippen molar-refractivity contribution in [2.45, 2.75) is 44.3 Å². The Kier molecular flexibility index (Phi) is 7.88. The standard InChI is InChI=1S/C25H25ClN6OS/c1-2-3-4-7-14-32-24(17-10-12-18(26)13-11-17)30-31-25(32)34-16-22(33)19(15-27)23-28-20-8-5-6-9-21(20)29-23/h5-6,8-13,33H,2-4,7,14,16H2,1H3,(H,28,29). The number of aliphatic hydroxyl groups is 1. The molecule has 0 atom stereocenters. The highest BCUT2D eigenvalue weighted by atomic mass is 35.5. The van der Waals surface area contributed by atoms with Crippen LogP contribution in [0.1, 0.15) is 38.4 Å². The maximum atomic E-state index is 10.7. The summed E-state index contributed by atoms with van der Waals surface area (Å²) in [5, 5.41) is 30.6. The highest BCUT2D eigenvalue weighted by Crippen LogP contribution is 2.28. The van der Waals surface area contributed by atoms with Gasteiger partial charge in [0.1, 0.15) is 17.4 Å². The second-order valence-corrected chi connectivity index (χ2v) is 9.23. The average molecular weight is 493 g/mol. The van der Waals surface area contributed by atoms with Crippen LogP contribution in [0.2, 0.25) is 5.02 Å². The van der Waals surface area contributed by atoms with Crippen molar-refractivity contribution in [2.24, 2.45) is 0 Å². The van der Waals surface area contributed by atoms with Crippen LogP contribution in [0.5, 0.6) is 0 Å². The molecule has 7 nitrogen and oxygen atoms in total. The molecular weight excluding hydrogens is 468 g/mol. The van der Waals surface area contributed by atoms with Gasteiger partial charge in [0, 0.05) is 17.1 Å². The van der Waals surface area contributed by atoms with Crippen LogP contribution in [0, 0.1) is 11.3 Å². The van der Waals surface area contributed by atoms with Gasteiger partial charge in [0.05, 0.1) is 16.8 Å². The number of nitrogens with zero attached hydrogens (tertiary/aromatic N) is 5. The molecule has 0 aliphatic rings. The molecule has 0 aliphatic carbocycles. The molecule has 0 amide bonds. The lowest BCUT2D eigenvalue weighted by atomic mass is 10.2. The Morgan fingerprint density at radius 3 is 2.65 bits per heavy atom. The molecule has 4 aromatic rings. The molecule has 2 heterocycles. The van der Waals surface area contributed by atoms with Crippen molar-refractivity contribution in [3.8, 4) is 17.5 Å². The minimum Gasteiger partial charge on any atom is -0.510 e. The van der Waals surface area contributed by atoms with Crippen molar-refractivity contribution in [3.63, 3.8) is 0 Å². The van der Waals surface area contributed by atoms with E-state index in [-0.39, 0.29) is 17.1 Å². The minimum absolute atomic E-state index is 0.0554. The molecule has 0 bridgehead atoms. The SMILES string of the molecule is CCCCCCn1c(SCC(O)=C(C#N)c2nc3ccccc3[nH]2)nnc1-c1ccc(Cl)cc1. The summed E-state index contributed by atoms with van der Waals surface area (Å²) in [6, 6.07) is 17.1. The predicted octanol–water partition coefficient (Wildman–Crippen LogP) is 6.64. The van der Waals surface area contributed by atoms with Crippen LogP contribution < -0.4 is 0 Å². The first-order valence-electron chi connectivity index (χ1n) is 11.2. The van der Waals surface area contributed by atoms with Gasteiger partial charge in [-0.25, -0.2) is 4.98 Å². The number of rotatable bonds is 10. The van der Waals surface area contributed by atoms with Gasteiger partial charge < -0.3 is 14.7 Å². The number of hydrogen-bond donors (Lipinski definition) is 2. The molecule has 0 spiro atoms. The smallest absolute Gasteiger partial charge is 0.191 e. The molecule has 0 radical (unpaired) electrons. The largest absolute Gasteiger partial charge is 0.510 e. The lowest BCUT2D eigenvalue weighted by Gasteiger charge is -2.10. The molecule has 34 heavy (non-hydrogen) atoms. The first-order chi connectivity index (χ1) is 16.6. The minimum atomic E-state index is -0.0554. The van der Waals surface area contributed by atoms with Gasteiger partial charge in [0.2, 0.25) is 0 Å². The normalized spacial score (nSPS) is 12.0. The van der Waals surface area contributed by atoms with Crippen LogP contribution in [-0.2, 0) is 6.54 Å². The third-order valence-corrected chi connectivity index (χ3v) is 6.65. The average Bonchev–Trinajstić information content (AvgIpc) is 3.45. The molecule has 2 aromatic carbocycles. The molecule has 0 saturated carbocycles. The van der Waals surface area contributed by atoms with E-state index in [1.807, 2.05) is 48.5 Å². The van der Waals surface area contributed by atoms with Crippen molar-refractivity contribution in [3.05, 3.63) is 65.1 Å². The molecule has 4 rings (SSSR count). The Morgan fingerprint density at radius 1 is 1.12 bits per heavy atom. The summed E-state index contributed by atoms with van der Waals surface area (Å²) in [6.45, 7) is 2.95. The number of allylic oxidation sites excluding steroid dienone is 1. The van der Waals surface area contributed by atoms with E-state index in [4.69, 9.17) is 11.6 Å². The van der Waals surface area contributed by atoms with Crippen molar-refractivity contribution in [1.29, 1.82) is 5.26 Å². The zero-order valence-electron chi connectivity index (χ0n) is 18.8. The number of benzene rings is 2. The number of hydrogen-bond acceptors (Lipinski definition) is 6. The monoisotopic (exact) mass is 492 g/mol. The van der Waals surface area contributed by atoms with Gasteiger partial charge >= 0.3 is 0 Å². The molecule has 2 N–H and O–H groups in total. The van der Waals surface area contributed by atoms with E-state index in [1.54, 1.807) is 0 Å². The fraction of sp³-hybridized carbons (Fsp3) is 0.280. The highest BCUT2D eigenvalue weighted by Gasteiger charge is 2.18. The molecule has 0 aliphatic heterocycles. The third-order valence-electron chi connectivity index (χ3n) is 5.42. The molecule has 0 fully saturated rings. The van der Waals surface area contributed by atoms with Crippen LogP contribution in [0.25, 0.3) is 28.0 Å². The Balaban J connectivity index is 1.58. The summed E-state index contributed by atoms with van der Waals surface area (Å²) in [4.78, 5) is 7.54. The van der Waals surface area contributed by atoms with Gasteiger partial charge in [-0.2, -0.15) is 5.26 Å². The van der Waals surface area contributed by atoms with Gasteiger partial charge in [-0.05, 0) is 42.8 Å². The number of fused-ring (bicyclic) bond motifs is 1. The van der Waals surface area contributed by atoms with Gasteiger partial charge in [-0.3, -0.25) is 0 Å². The van der Waals surface area contributed by atoms with Gasteiger partial charge in [-0.1, -0.05) is 61.7 Å². The van der Waals surface area contributed by atoms with Crippen molar-refractivity contribution < 1.29 is 5.11 Å². The van der Waals surface area contributed by atoms with Crippen LogP contribution in [0.3, 0.4) is 0 Å². The van der Waals surface area contributed by atoms with Gasteiger partial charge in [-0.15, -0.1) is 10.2 Å². The summed E-state index contributed by atoms with van der Waals surface area (Å²) in [6.07, 6.45) is 4.46. The van der Waals surface area contributed by atoms with Crippen LogP contribution in [0.15, 0.2) is 59.4 Å². The first kappa shape index (κ1) is 23.9. The number of imidazole rings is 1. The molecular formula is C25H25ClN6OS. The third kappa shape index (κ3) is 5.44. The Morgan fingerprint density at radius 2 is 1.91 bits per heavy atom. The molecule has 174 valence electrons. The fourth-order valence-electron chi connectivity index (χ4n) is 3.64. The van der Waals surface area contributed by atoms with Gasteiger partial charge in [0.25, 0.3) is 0 Å². The van der Waals surface area contributed by atoms with Crippen molar-refractivity contribution in [2.75, 3.05) is 5.75 Å². The second-order valence-electron chi connectivity index (χ2n) is 7.85. The summed E-state index contributed by atoms with van der Waals surface area (Å²) < 4.78 is 2.07. The molecule has 0 unspecified atom stereocenters. The Bertz CT molecular complexity index is 1300. The number of H-pyrrole nitrogens is 1. The zero-order valence-corrected chi connectivity index (χ0v) is 20.4.